The molecule has 0 saturated carbocycles. The lowest BCUT2D eigenvalue weighted by atomic mass is 9.84. The van der Waals surface area contributed by atoms with Crippen LogP contribution in [0.25, 0.3) is 21.8 Å². The van der Waals surface area contributed by atoms with Crippen LogP contribution in [-0.4, -0.2) is 22.9 Å². The van der Waals surface area contributed by atoms with E-state index in [0.717, 1.165) is 5.76 Å². The van der Waals surface area contributed by atoms with Crippen LogP contribution in [0.4, 0.5) is 4.39 Å². The van der Waals surface area contributed by atoms with Crippen LogP contribution in [0.1, 0.15) is 34.2 Å². The van der Waals surface area contributed by atoms with Gasteiger partial charge in [0.25, 0.3) is 5.56 Å². The zero-order chi connectivity index (χ0) is 21.5. The number of halogens is 1. The van der Waals surface area contributed by atoms with E-state index in [0.29, 0.717) is 45.9 Å². The van der Waals surface area contributed by atoms with Gasteiger partial charge in [0, 0.05) is 34.5 Å². The van der Waals surface area contributed by atoms with Gasteiger partial charge in [-0.1, -0.05) is 0 Å². The van der Waals surface area contributed by atoms with Crippen LogP contribution in [-0.2, 0) is 6.42 Å². The normalized spacial score (nSPS) is 15.7. The number of H-pyrrole nitrogens is 1. The summed E-state index contributed by atoms with van der Waals surface area (Å²) in [5.74, 6) is 0.261. The second kappa shape index (κ2) is 7.63. The van der Waals surface area contributed by atoms with Crippen molar-refractivity contribution in [3.63, 3.8) is 0 Å². The molecule has 0 bridgehead atoms. The van der Waals surface area contributed by atoms with Gasteiger partial charge in [0.15, 0.2) is 17.3 Å². The highest BCUT2D eigenvalue weighted by Gasteiger charge is 2.29. The first kappa shape index (κ1) is 19.4. The molecule has 1 aromatic carbocycles. The number of rotatable bonds is 4. The Balaban J connectivity index is 1.49. The lowest BCUT2D eigenvalue weighted by molar-refractivity contribution is 0.0959. The maximum absolute atomic E-state index is 14.0. The van der Waals surface area contributed by atoms with E-state index in [4.69, 9.17) is 9.15 Å². The fraction of sp³-hybridized carbons (Fsp3) is 0.174. The standard InChI is InChI=1S/C23H17FN2O4S/c1-29-21-5-4-12(7-16(21)24)18-11-31-23(26-18)15-10-14-17(25-22(15)28)8-13(9-19(14)27)20-3-2-6-30-20/h2-7,10-11,13H,8-9H2,1H3,(H,25,28)/t13-/m0/s1. The zero-order valence-electron chi connectivity index (χ0n) is 16.5. The molecule has 0 spiro atoms. The number of benzene rings is 1. The van der Waals surface area contributed by atoms with Crippen molar-refractivity contribution in [2.24, 2.45) is 0 Å². The third-order valence-corrected chi connectivity index (χ3v) is 6.31. The van der Waals surface area contributed by atoms with E-state index in [1.807, 2.05) is 6.07 Å². The summed E-state index contributed by atoms with van der Waals surface area (Å²) < 4.78 is 24.4. The van der Waals surface area contributed by atoms with E-state index in [-0.39, 0.29) is 23.0 Å². The topological polar surface area (TPSA) is 85.2 Å². The molecule has 6 nitrogen and oxygen atoms in total. The van der Waals surface area contributed by atoms with Crippen molar-refractivity contribution in [3.8, 4) is 27.6 Å². The summed E-state index contributed by atoms with van der Waals surface area (Å²) in [7, 11) is 1.40. The number of thiazole rings is 1. The molecular formula is C23H17FN2O4S. The van der Waals surface area contributed by atoms with Gasteiger partial charge >= 0.3 is 0 Å². The van der Waals surface area contributed by atoms with Crippen LogP contribution in [0.15, 0.2) is 57.3 Å². The largest absolute Gasteiger partial charge is 0.494 e. The van der Waals surface area contributed by atoms with E-state index in [9.17, 15) is 14.0 Å². The third-order valence-electron chi connectivity index (χ3n) is 5.43. The first-order valence-corrected chi connectivity index (χ1v) is 10.5. The minimum Gasteiger partial charge on any atom is -0.494 e. The molecule has 0 amide bonds. The predicted octanol–water partition coefficient (Wildman–Crippen LogP) is 4.82. The Hall–Kier alpha value is -3.52. The number of ether oxygens (including phenoxy) is 1. The number of nitrogens with one attached hydrogen (secondary N) is 1. The van der Waals surface area contributed by atoms with Crippen molar-refractivity contribution in [1.82, 2.24) is 9.97 Å². The van der Waals surface area contributed by atoms with Crippen LogP contribution < -0.4 is 10.3 Å². The highest BCUT2D eigenvalue weighted by Crippen LogP contribution is 2.34. The summed E-state index contributed by atoms with van der Waals surface area (Å²) in [6.07, 6.45) is 2.43. The lowest BCUT2D eigenvalue weighted by Gasteiger charge is -2.22. The Kier molecular flexibility index (Phi) is 4.78. The number of methoxy groups -OCH3 is 1. The molecule has 0 saturated heterocycles. The summed E-state index contributed by atoms with van der Waals surface area (Å²) >= 11 is 1.27. The smallest absolute Gasteiger partial charge is 0.258 e. The Morgan fingerprint density at radius 3 is 2.81 bits per heavy atom. The Labute approximate surface area is 180 Å². The van der Waals surface area contributed by atoms with Crippen LogP contribution in [0.2, 0.25) is 0 Å². The first-order chi connectivity index (χ1) is 15.0. The van der Waals surface area contributed by atoms with Crippen LogP contribution in [0, 0.1) is 5.82 Å². The number of pyridine rings is 1. The molecule has 3 aromatic heterocycles. The Bertz CT molecular complexity index is 1340. The highest BCUT2D eigenvalue weighted by molar-refractivity contribution is 7.13. The second-order valence-electron chi connectivity index (χ2n) is 7.34. The van der Waals surface area contributed by atoms with E-state index < -0.39 is 5.82 Å². The third kappa shape index (κ3) is 3.48. The van der Waals surface area contributed by atoms with Gasteiger partial charge in [0.1, 0.15) is 10.8 Å². The van der Waals surface area contributed by atoms with Gasteiger partial charge in [0.05, 0.1) is 24.6 Å². The lowest BCUT2D eigenvalue weighted by Crippen LogP contribution is -2.24. The molecule has 0 radical (unpaired) electrons. The average Bonchev–Trinajstić information content (AvgIpc) is 3.46. The molecule has 0 aliphatic heterocycles. The minimum absolute atomic E-state index is 0.0471. The summed E-state index contributed by atoms with van der Waals surface area (Å²) in [5, 5.41) is 2.22. The van der Waals surface area contributed by atoms with E-state index >= 15 is 0 Å². The maximum atomic E-state index is 14.0. The quantitative estimate of drug-likeness (QED) is 0.496. The molecule has 1 aliphatic rings. The number of nitrogens with zero attached hydrogens (tertiary/aromatic N) is 1. The molecule has 31 heavy (non-hydrogen) atoms. The molecule has 8 heteroatoms. The molecule has 156 valence electrons. The van der Waals surface area contributed by atoms with Crippen molar-refractivity contribution < 1.29 is 18.3 Å². The van der Waals surface area contributed by atoms with Gasteiger partial charge in [-0.2, -0.15) is 0 Å². The SMILES string of the molecule is COc1ccc(-c2csc(-c3cc4c([nH]c3=O)C[C@H](c3ccco3)CC4=O)n2)cc1F. The molecular weight excluding hydrogens is 419 g/mol. The van der Waals surface area contributed by atoms with Crippen molar-refractivity contribution in [2.75, 3.05) is 7.11 Å². The van der Waals surface area contributed by atoms with Gasteiger partial charge in [-0.3, -0.25) is 9.59 Å². The maximum Gasteiger partial charge on any atom is 0.258 e. The summed E-state index contributed by atoms with van der Waals surface area (Å²) in [6, 6.07) is 9.82. The number of carbonyl (C=O) groups is 1. The van der Waals surface area contributed by atoms with Crippen molar-refractivity contribution in [2.45, 2.75) is 18.8 Å². The summed E-state index contributed by atoms with van der Waals surface area (Å²) in [4.78, 5) is 32.9. The number of ketones is 1. The Morgan fingerprint density at radius 2 is 2.06 bits per heavy atom. The number of aromatic amines is 1. The van der Waals surface area contributed by atoms with Crippen LogP contribution in [0.5, 0.6) is 5.75 Å². The fourth-order valence-corrected chi connectivity index (χ4v) is 4.71. The van der Waals surface area contributed by atoms with Crippen LogP contribution in [0.3, 0.4) is 0 Å². The van der Waals surface area contributed by atoms with Crippen molar-refractivity contribution in [1.29, 1.82) is 0 Å². The minimum atomic E-state index is -0.488. The molecule has 1 N–H and O–H groups in total. The van der Waals surface area contributed by atoms with Gasteiger partial charge in [-0.25, -0.2) is 9.37 Å². The summed E-state index contributed by atoms with van der Waals surface area (Å²) in [6.45, 7) is 0. The number of aromatic nitrogens is 2. The summed E-state index contributed by atoms with van der Waals surface area (Å²) in [5.41, 5.74) is 2.25. The monoisotopic (exact) mass is 436 g/mol. The molecule has 3 heterocycles. The predicted molar refractivity (Wildman–Crippen MR) is 114 cm³/mol. The molecule has 5 rings (SSSR count). The zero-order valence-corrected chi connectivity index (χ0v) is 17.3. The number of furan rings is 1. The first-order valence-electron chi connectivity index (χ1n) is 9.66. The van der Waals surface area contributed by atoms with Gasteiger partial charge < -0.3 is 14.1 Å². The molecule has 1 aliphatic carbocycles. The molecule has 0 fully saturated rings. The molecule has 0 unspecified atom stereocenters. The molecule has 4 aromatic rings. The van der Waals surface area contributed by atoms with Gasteiger partial charge in [-0.05, 0) is 42.8 Å². The van der Waals surface area contributed by atoms with E-state index in [1.54, 1.807) is 29.8 Å². The number of hydrogen-bond acceptors (Lipinski definition) is 6. The molecule has 1 atom stereocenters. The van der Waals surface area contributed by atoms with E-state index in [1.165, 1.54) is 30.6 Å². The van der Waals surface area contributed by atoms with Crippen LogP contribution >= 0.6 is 11.3 Å². The van der Waals surface area contributed by atoms with Gasteiger partial charge in [0.2, 0.25) is 0 Å². The second-order valence-corrected chi connectivity index (χ2v) is 8.19. The number of carbonyl (C=O) groups excluding carboxylic acids is 1. The van der Waals surface area contributed by atoms with E-state index in [2.05, 4.69) is 9.97 Å². The highest BCUT2D eigenvalue weighted by atomic mass is 32.1. The van der Waals surface area contributed by atoms with Crippen molar-refractivity contribution in [3.05, 3.63) is 81.2 Å². The van der Waals surface area contributed by atoms with Gasteiger partial charge in [-0.15, -0.1) is 11.3 Å². The number of fused-ring (bicyclic) bond motifs is 1. The average molecular weight is 436 g/mol. The number of Topliss-reactive ketones (excluding diaryl/α,β-unsaturated/α-hetero) is 1. The van der Waals surface area contributed by atoms with Crippen molar-refractivity contribution >= 4 is 17.1 Å². The fourth-order valence-electron chi connectivity index (χ4n) is 3.87. The Morgan fingerprint density at radius 1 is 1.19 bits per heavy atom. The number of hydrogen-bond donors (Lipinski definition) is 1.